The molecule has 0 saturated heterocycles. The Bertz CT molecular complexity index is 921. The number of rotatable bonds is 10. The first kappa shape index (κ1) is 22.7. The van der Waals surface area contributed by atoms with Gasteiger partial charge in [-0.3, -0.25) is 9.59 Å². The second-order valence-electron chi connectivity index (χ2n) is 8.31. The summed E-state index contributed by atoms with van der Waals surface area (Å²) in [5.74, 6) is 1.46. The minimum absolute atomic E-state index is 0.105. The molecule has 0 bridgehead atoms. The standard InChI is InChI=1S/C25H32N2O4/c1-5-30-23-12-11-20(27-24(28)16(2)3)14-22(23)25(29)26-17(4)19-7-6-8-21(13-19)31-15-18-9-10-18/h6-8,11-14,16-18H,5,9-10,15H2,1-4H3,(H,26,29)(H,27,28). The molecule has 2 N–H and O–H groups in total. The second kappa shape index (κ2) is 10.3. The first-order chi connectivity index (χ1) is 14.9. The van der Waals surface area contributed by atoms with Gasteiger partial charge in [0.15, 0.2) is 0 Å². The number of nitrogens with one attached hydrogen (secondary N) is 2. The van der Waals surface area contributed by atoms with E-state index in [1.807, 2.05) is 52.0 Å². The van der Waals surface area contributed by atoms with Crippen LogP contribution in [-0.2, 0) is 4.79 Å². The van der Waals surface area contributed by atoms with Crippen LogP contribution in [0.5, 0.6) is 11.5 Å². The maximum absolute atomic E-state index is 13.1. The summed E-state index contributed by atoms with van der Waals surface area (Å²) < 4.78 is 11.5. The van der Waals surface area contributed by atoms with Crippen LogP contribution in [0.2, 0.25) is 0 Å². The molecule has 1 atom stereocenters. The molecule has 2 aromatic carbocycles. The fourth-order valence-corrected chi connectivity index (χ4v) is 3.08. The van der Waals surface area contributed by atoms with E-state index in [9.17, 15) is 9.59 Å². The molecular weight excluding hydrogens is 392 g/mol. The van der Waals surface area contributed by atoms with Gasteiger partial charge >= 0.3 is 0 Å². The van der Waals surface area contributed by atoms with Crippen molar-refractivity contribution in [1.29, 1.82) is 0 Å². The molecule has 6 heteroatoms. The summed E-state index contributed by atoms with van der Waals surface area (Å²) in [7, 11) is 0. The van der Waals surface area contributed by atoms with Gasteiger partial charge in [0.05, 0.1) is 24.8 Å². The van der Waals surface area contributed by atoms with Gasteiger partial charge in [0, 0.05) is 11.6 Å². The zero-order valence-corrected chi connectivity index (χ0v) is 18.7. The van der Waals surface area contributed by atoms with Gasteiger partial charge in [-0.25, -0.2) is 0 Å². The van der Waals surface area contributed by atoms with Crippen molar-refractivity contribution in [3.63, 3.8) is 0 Å². The fourth-order valence-electron chi connectivity index (χ4n) is 3.08. The summed E-state index contributed by atoms with van der Waals surface area (Å²) in [6, 6.07) is 12.7. The molecule has 166 valence electrons. The van der Waals surface area contributed by atoms with E-state index in [0.29, 0.717) is 29.5 Å². The molecule has 31 heavy (non-hydrogen) atoms. The van der Waals surface area contributed by atoms with Crippen molar-refractivity contribution in [2.45, 2.75) is 46.6 Å². The maximum atomic E-state index is 13.1. The lowest BCUT2D eigenvalue weighted by Crippen LogP contribution is -2.27. The molecule has 0 radical (unpaired) electrons. The summed E-state index contributed by atoms with van der Waals surface area (Å²) in [5.41, 5.74) is 1.91. The molecule has 0 spiro atoms. The third kappa shape index (κ3) is 6.48. The molecule has 1 aliphatic rings. The van der Waals surface area contributed by atoms with Gasteiger partial charge in [-0.1, -0.05) is 26.0 Å². The van der Waals surface area contributed by atoms with E-state index in [-0.39, 0.29) is 23.8 Å². The lowest BCUT2D eigenvalue weighted by Gasteiger charge is -2.18. The lowest BCUT2D eigenvalue weighted by atomic mass is 10.1. The first-order valence-electron chi connectivity index (χ1n) is 11.0. The van der Waals surface area contributed by atoms with Crippen LogP contribution in [0.1, 0.15) is 62.5 Å². The second-order valence-corrected chi connectivity index (χ2v) is 8.31. The smallest absolute Gasteiger partial charge is 0.255 e. The van der Waals surface area contributed by atoms with Gasteiger partial charge in [0.2, 0.25) is 5.91 Å². The van der Waals surface area contributed by atoms with Gasteiger partial charge in [0.25, 0.3) is 5.91 Å². The summed E-state index contributed by atoms with van der Waals surface area (Å²) >= 11 is 0. The minimum atomic E-state index is -0.263. The van der Waals surface area contributed by atoms with Gasteiger partial charge in [-0.05, 0) is 68.5 Å². The molecule has 1 saturated carbocycles. The third-order valence-electron chi connectivity index (χ3n) is 5.20. The number of ether oxygens (including phenoxy) is 2. The molecule has 1 unspecified atom stereocenters. The summed E-state index contributed by atoms with van der Waals surface area (Å²) in [4.78, 5) is 25.1. The minimum Gasteiger partial charge on any atom is -0.493 e. The van der Waals surface area contributed by atoms with Crippen molar-refractivity contribution in [2.24, 2.45) is 11.8 Å². The number of benzene rings is 2. The van der Waals surface area contributed by atoms with Gasteiger partial charge < -0.3 is 20.1 Å². The summed E-state index contributed by atoms with van der Waals surface area (Å²) in [6.07, 6.45) is 2.48. The van der Waals surface area contributed by atoms with E-state index >= 15 is 0 Å². The summed E-state index contributed by atoms with van der Waals surface area (Å²) in [6.45, 7) is 8.63. The van der Waals surface area contributed by atoms with Crippen LogP contribution < -0.4 is 20.1 Å². The Morgan fingerprint density at radius 1 is 1.06 bits per heavy atom. The quantitative estimate of drug-likeness (QED) is 0.565. The number of carbonyl (C=O) groups is 2. The first-order valence-corrected chi connectivity index (χ1v) is 11.0. The molecule has 0 aromatic heterocycles. The van der Waals surface area contributed by atoms with E-state index in [0.717, 1.165) is 17.9 Å². The van der Waals surface area contributed by atoms with Crippen molar-refractivity contribution >= 4 is 17.5 Å². The van der Waals surface area contributed by atoms with Crippen LogP contribution in [0.25, 0.3) is 0 Å². The highest BCUT2D eigenvalue weighted by Crippen LogP contribution is 2.30. The lowest BCUT2D eigenvalue weighted by molar-refractivity contribution is -0.118. The monoisotopic (exact) mass is 424 g/mol. The molecule has 1 aliphatic carbocycles. The van der Waals surface area contributed by atoms with E-state index in [4.69, 9.17) is 9.47 Å². The van der Waals surface area contributed by atoms with Crippen molar-refractivity contribution in [3.05, 3.63) is 53.6 Å². The molecular formula is C25H32N2O4. The van der Waals surface area contributed by atoms with Crippen LogP contribution in [0, 0.1) is 11.8 Å². The molecule has 1 fully saturated rings. The Balaban J connectivity index is 1.73. The summed E-state index contributed by atoms with van der Waals surface area (Å²) in [5, 5.41) is 5.87. The van der Waals surface area contributed by atoms with E-state index in [1.54, 1.807) is 18.2 Å². The average Bonchev–Trinajstić information content (AvgIpc) is 3.58. The van der Waals surface area contributed by atoms with Gasteiger partial charge in [-0.15, -0.1) is 0 Å². The highest BCUT2D eigenvalue weighted by atomic mass is 16.5. The molecule has 0 heterocycles. The zero-order chi connectivity index (χ0) is 22.4. The third-order valence-corrected chi connectivity index (χ3v) is 5.20. The predicted octanol–water partition coefficient (Wildman–Crippen LogP) is 4.96. The number of hydrogen-bond acceptors (Lipinski definition) is 4. The van der Waals surface area contributed by atoms with Crippen LogP contribution in [-0.4, -0.2) is 25.0 Å². The van der Waals surface area contributed by atoms with Crippen molar-refractivity contribution in [2.75, 3.05) is 18.5 Å². The average molecular weight is 425 g/mol. The number of amides is 2. The SMILES string of the molecule is CCOc1ccc(NC(=O)C(C)C)cc1C(=O)NC(C)c1cccc(OCC2CC2)c1. The molecule has 2 amide bonds. The number of carbonyl (C=O) groups excluding carboxylic acids is 2. The number of anilines is 1. The predicted molar refractivity (Wildman–Crippen MR) is 122 cm³/mol. The topological polar surface area (TPSA) is 76.7 Å². The van der Waals surface area contributed by atoms with Gasteiger partial charge in [-0.2, -0.15) is 0 Å². The Morgan fingerprint density at radius 3 is 2.52 bits per heavy atom. The Morgan fingerprint density at radius 2 is 1.84 bits per heavy atom. The zero-order valence-electron chi connectivity index (χ0n) is 18.7. The fraction of sp³-hybridized carbons (Fsp3) is 0.440. The normalized spacial score (nSPS) is 14.1. The van der Waals surface area contributed by atoms with Crippen LogP contribution in [0.15, 0.2) is 42.5 Å². The largest absolute Gasteiger partial charge is 0.493 e. The van der Waals surface area contributed by atoms with Crippen LogP contribution in [0.4, 0.5) is 5.69 Å². The molecule has 0 aliphatic heterocycles. The highest BCUT2D eigenvalue weighted by Gasteiger charge is 2.22. The Kier molecular flexibility index (Phi) is 7.55. The number of hydrogen-bond donors (Lipinski definition) is 2. The highest BCUT2D eigenvalue weighted by molar-refractivity contribution is 6.00. The molecule has 3 rings (SSSR count). The van der Waals surface area contributed by atoms with E-state index < -0.39 is 0 Å². The molecule has 2 aromatic rings. The van der Waals surface area contributed by atoms with E-state index in [1.165, 1.54) is 12.8 Å². The molecule has 6 nitrogen and oxygen atoms in total. The Hall–Kier alpha value is -3.02. The van der Waals surface area contributed by atoms with Crippen molar-refractivity contribution < 1.29 is 19.1 Å². The maximum Gasteiger partial charge on any atom is 0.255 e. The van der Waals surface area contributed by atoms with Gasteiger partial charge in [0.1, 0.15) is 11.5 Å². The van der Waals surface area contributed by atoms with Crippen molar-refractivity contribution in [1.82, 2.24) is 5.32 Å². The van der Waals surface area contributed by atoms with Crippen LogP contribution >= 0.6 is 0 Å². The Labute approximate surface area is 184 Å². The van der Waals surface area contributed by atoms with Crippen LogP contribution in [0.3, 0.4) is 0 Å². The van der Waals surface area contributed by atoms with E-state index in [2.05, 4.69) is 10.6 Å². The van der Waals surface area contributed by atoms with Crippen molar-refractivity contribution in [3.8, 4) is 11.5 Å².